The van der Waals surface area contributed by atoms with E-state index in [-0.39, 0.29) is 0 Å². The van der Waals surface area contributed by atoms with E-state index in [0.29, 0.717) is 0 Å². The van der Waals surface area contributed by atoms with Gasteiger partial charge in [0, 0.05) is 54.6 Å². The van der Waals surface area contributed by atoms with Crippen LogP contribution in [0.4, 0.5) is 0 Å². The van der Waals surface area contributed by atoms with E-state index in [1.807, 2.05) is 18.2 Å². The highest BCUT2D eigenvalue weighted by molar-refractivity contribution is 6.31. The van der Waals surface area contributed by atoms with Gasteiger partial charge in [-0.15, -0.1) is 0 Å². The molecule has 0 saturated carbocycles. The van der Waals surface area contributed by atoms with Crippen molar-refractivity contribution in [3.63, 3.8) is 0 Å². The molecule has 12 aromatic rings. The number of fused-ring (bicyclic) bond motifs is 14. The molecule has 4 heteroatoms. The fourth-order valence-corrected chi connectivity index (χ4v) is 8.73. The molecule has 12 rings (SSSR count). The maximum absolute atomic E-state index is 6.74. The number of benzene rings is 8. The molecule has 0 unspecified atom stereocenters. The Morgan fingerprint density at radius 1 is 0.346 bits per heavy atom. The topological polar surface area (TPSA) is 36.1 Å². The van der Waals surface area contributed by atoms with Gasteiger partial charge in [0.1, 0.15) is 22.3 Å². The third-order valence-corrected chi connectivity index (χ3v) is 10.9. The maximum atomic E-state index is 6.74. The van der Waals surface area contributed by atoms with Crippen LogP contribution >= 0.6 is 0 Å². The van der Waals surface area contributed by atoms with E-state index in [1.54, 1.807) is 0 Å². The van der Waals surface area contributed by atoms with E-state index in [0.717, 1.165) is 93.7 Å². The Kier molecular flexibility index (Phi) is 5.47. The minimum Gasteiger partial charge on any atom is -0.455 e. The summed E-state index contributed by atoms with van der Waals surface area (Å²) < 4.78 is 18.1. The second-order valence-electron chi connectivity index (χ2n) is 13.6. The van der Waals surface area contributed by atoms with E-state index in [2.05, 4.69) is 161 Å². The molecule has 0 fully saturated rings. The molecular weight excluding hydrogens is 637 g/mol. The SMILES string of the molecule is c1ccc(-n2c3ccccc3c3c2ccc2c4c5oc6ccccc6c5ccc4n(-c4cccc(-c5cccc6c5oc5ccccc56)c4)c23)cc1. The van der Waals surface area contributed by atoms with Crippen LogP contribution in [0, 0.1) is 0 Å². The summed E-state index contributed by atoms with van der Waals surface area (Å²) in [6.07, 6.45) is 0. The first-order chi connectivity index (χ1) is 25.8. The zero-order valence-corrected chi connectivity index (χ0v) is 27.9. The molecule has 0 radical (unpaired) electrons. The molecule has 0 spiro atoms. The van der Waals surface area contributed by atoms with Crippen LogP contribution in [0.25, 0.3) is 110 Å². The Labute approximate surface area is 296 Å². The summed E-state index contributed by atoms with van der Waals surface area (Å²) >= 11 is 0. The molecular formula is C48H28N2O2. The predicted molar refractivity (Wildman–Crippen MR) is 215 cm³/mol. The monoisotopic (exact) mass is 664 g/mol. The summed E-state index contributed by atoms with van der Waals surface area (Å²) in [5, 5.41) is 9.20. The van der Waals surface area contributed by atoms with E-state index >= 15 is 0 Å². The molecule has 0 atom stereocenters. The summed E-state index contributed by atoms with van der Waals surface area (Å²) in [6.45, 7) is 0. The minimum absolute atomic E-state index is 0.897. The van der Waals surface area contributed by atoms with Gasteiger partial charge in [-0.3, -0.25) is 0 Å². The van der Waals surface area contributed by atoms with Crippen LogP contribution in [0.3, 0.4) is 0 Å². The normalized spacial score (nSPS) is 12.2. The molecule has 0 bridgehead atoms. The van der Waals surface area contributed by atoms with Gasteiger partial charge in [-0.25, -0.2) is 0 Å². The van der Waals surface area contributed by atoms with Gasteiger partial charge < -0.3 is 18.0 Å². The van der Waals surface area contributed by atoms with Gasteiger partial charge in [-0.1, -0.05) is 103 Å². The van der Waals surface area contributed by atoms with E-state index in [1.165, 1.54) is 16.3 Å². The lowest BCUT2D eigenvalue weighted by molar-refractivity contribution is 0.670. The second kappa shape index (κ2) is 10.3. The van der Waals surface area contributed by atoms with Crippen LogP contribution in [0.15, 0.2) is 179 Å². The third kappa shape index (κ3) is 3.65. The fraction of sp³-hybridized carbons (Fsp3) is 0. The van der Waals surface area contributed by atoms with Crippen LogP contribution in [0.1, 0.15) is 0 Å². The van der Waals surface area contributed by atoms with Gasteiger partial charge in [0.25, 0.3) is 0 Å². The summed E-state index contributed by atoms with van der Waals surface area (Å²) in [5.74, 6) is 0. The smallest absolute Gasteiger partial charge is 0.145 e. The molecule has 0 aliphatic rings. The summed E-state index contributed by atoms with van der Waals surface area (Å²) in [5.41, 5.74) is 12.6. The van der Waals surface area contributed by atoms with Crippen LogP contribution in [-0.2, 0) is 0 Å². The molecule has 242 valence electrons. The lowest BCUT2D eigenvalue weighted by Gasteiger charge is -2.12. The number of hydrogen-bond acceptors (Lipinski definition) is 2. The van der Waals surface area contributed by atoms with Crippen molar-refractivity contribution in [1.29, 1.82) is 0 Å². The van der Waals surface area contributed by atoms with Crippen LogP contribution in [0.5, 0.6) is 0 Å². The summed E-state index contributed by atoms with van der Waals surface area (Å²) in [7, 11) is 0. The highest BCUT2D eigenvalue weighted by atomic mass is 16.3. The first-order valence-electron chi connectivity index (χ1n) is 17.7. The van der Waals surface area contributed by atoms with Gasteiger partial charge in [0.05, 0.1) is 27.5 Å². The zero-order chi connectivity index (χ0) is 33.9. The predicted octanol–water partition coefficient (Wildman–Crippen LogP) is 13.3. The third-order valence-electron chi connectivity index (χ3n) is 10.9. The van der Waals surface area contributed by atoms with Crippen LogP contribution in [-0.4, -0.2) is 9.13 Å². The van der Waals surface area contributed by atoms with Gasteiger partial charge >= 0.3 is 0 Å². The Bertz CT molecular complexity index is 3410. The highest BCUT2D eigenvalue weighted by Gasteiger charge is 2.24. The van der Waals surface area contributed by atoms with Crippen molar-refractivity contribution < 1.29 is 8.83 Å². The van der Waals surface area contributed by atoms with Crippen molar-refractivity contribution in [3.8, 4) is 22.5 Å². The Morgan fingerprint density at radius 2 is 0.942 bits per heavy atom. The zero-order valence-electron chi connectivity index (χ0n) is 27.9. The quantitative estimate of drug-likeness (QED) is 0.188. The van der Waals surface area contributed by atoms with Gasteiger partial charge in [0.2, 0.25) is 0 Å². The van der Waals surface area contributed by atoms with Crippen molar-refractivity contribution in [2.75, 3.05) is 0 Å². The van der Waals surface area contributed by atoms with Gasteiger partial charge in [0.15, 0.2) is 0 Å². The fourth-order valence-electron chi connectivity index (χ4n) is 8.73. The molecule has 0 amide bonds. The molecule has 4 heterocycles. The van der Waals surface area contributed by atoms with Gasteiger partial charge in [-0.2, -0.15) is 0 Å². The Morgan fingerprint density at radius 3 is 1.75 bits per heavy atom. The molecule has 0 saturated heterocycles. The molecule has 8 aromatic carbocycles. The van der Waals surface area contributed by atoms with Gasteiger partial charge in [-0.05, 0) is 72.3 Å². The van der Waals surface area contributed by atoms with E-state index in [9.17, 15) is 0 Å². The molecule has 0 aliphatic heterocycles. The number of para-hydroxylation sites is 5. The molecule has 0 N–H and O–H groups in total. The number of aromatic nitrogens is 2. The average molecular weight is 665 g/mol. The average Bonchev–Trinajstić information content (AvgIpc) is 3.95. The summed E-state index contributed by atoms with van der Waals surface area (Å²) in [6, 6.07) is 60.5. The maximum Gasteiger partial charge on any atom is 0.145 e. The van der Waals surface area contributed by atoms with Crippen LogP contribution < -0.4 is 0 Å². The van der Waals surface area contributed by atoms with Crippen molar-refractivity contribution in [2.24, 2.45) is 0 Å². The molecule has 0 aliphatic carbocycles. The number of hydrogen-bond donors (Lipinski definition) is 0. The van der Waals surface area contributed by atoms with Crippen molar-refractivity contribution in [1.82, 2.24) is 9.13 Å². The largest absolute Gasteiger partial charge is 0.455 e. The van der Waals surface area contributed by atoms with Crippen molar-refractivity contribution in [2.45, 2.75) is 0 Å². The second-order valence-corrected chi connectivity index (χ2v) is 13.6. The Balaban J connectivity index is 1.24. The lowest BCUT2D eigenvalue weighted by atomic mass is 10.0. The first kappa shape index (κ1) is 27.7. The highest BCUT2D eigenvalue weighted by Crippen LogP contribution is 2.46. The number of nitrogens with zero attached hydrogens (tertiary/aromatic N) is 2. The molecule has 4 aromatic heterocycles. The lowest BCUT2D eigenvalue weighted by Crippen LogP contribution is -1.96. The molecule has 4 nitrogen and oxygen atoms in total. The van der Waals surface area contributed by atoms with E-state index in [4.69, 9.17) is 8.83 Å². The molecule has 52 heavy (non-hydrogen) atoms. The standard InChI is InChI=1S/C48H28N2O2/c1-2-13-30(14-3-1)49-39-21-7-4-18-37(39)44-40(49)27-25-38-45-41(26-24-36-34-17-6-9-23-43(34)52-48(36)45)50(46(38)44)31-15-10-12-29(28-31)32-19-11-20-35-33-16-5-8-22-42(33)51-47(32)35/h1-28H. The minimum atomic E-state index is 0.897. The van der Waals surface area contributed by atoms with E-state index < -0.39 is 0 Å². The number of rotatable bonds is 3. The number of furan rings is 2. The first-order valence-corrected chi connectivity index (χ1v) is 17.7. The summed E-state index contributed by atoms with van der Waals surface area (Å²) in [4.78, 5) is 0. The van der Waals surface area contributed by atoms with Crippen molar-refractivity contribution >= 4 is 87.5 Å². The van der Waals surface area contributed by atoms with Crippen molar-refractivity contribution in [3.05, 3.63) is 170 Å². The van der Waals surface area contributed by atoms with Crippen LogP contribution in [0.2, 0.25) is 0 Å². The Hall–Kier alpha value is -7.04.